The van der Waals surface area contributed by atoms with E-state index in [9.17, 15) is 19.7 Å². The van der Waals surface area contributed by atoms with Gasteiger partial charge in [0.2, 0.25) is 0 Å². The fraction of sp³-hybridized carbons (Fsp3) is 0.263. The number of nitrogens with zero attached hydrogens (tertiary/aromatic N) is 1. The highest BCUT2D eigenvalue weighted by molar-refractivity contribution is 6.18. The normalized spacial score (nSPS) is 18.3. The molecule has 1 aliphatic heterocycles. The predicted octanol–water partition coefficient (Wildman–Crippen LogP) is 3.61. The molecular weight excluding hydrogens is 354 g/mol. The SMILES string of the molecule is O=C1OC2(CCCC2)OC(=O)C1=Cc1ccc(-c2ccccc2[N+](=O)[O-])o1. The van der Waals surface area contributed by atoms with Gasteiger partial charge in [0, 0.05) is 25.0 Å². The maximum atomic E-state index is 12.3. The van der Waals surface area contributed by atoms with E-state index in [1.807, 2.05) is 0 Å². The summed E-state index contributed by atoms with van der Waals surface area (Å²) in [7, 11) is 0. The zero-order chi connectivity index (χ0) is 19.0. The Morgan fingerprint density at radius 1 is 1.00 bits per heavy atom. The largest absolute Gasteiger partial charge is 0.456 e. The van der Waals surface area contributed by atoms with Crippen LogP contribution in [0.25, 0.3) is 17.4 Å². The fourth-order valence-electron chi connectivity index (χ4n) is 3.35. The second-order valence-corrected chi connectivity index (χ2v) is 6.43. The van der Waals surface area contributed by atoms with Gasteiger partial charge < -0.3 is 13.9 Å². The van der Waals surface area contributed by atoms with Crippen LogP contribution in [0.2, 0.25) is 0 Å². The molecule has 0 radical (unpaired) electrons. The van der Waals surface area contributed by atoms with Crippen LogP contribution in [0.4, 0.5) is 5.69 Å². The lowest BCUT2D eigenvalue weighted by molar-refractivity contribution is -0.384. The Labute approximate surface area is 153 Å². The van der Waals surface area contributed by atoms with Gasteiger partial charge in [-0.15, -0.1) is 0 Å². The van der Waals surface area contributed by atoms with Gasteiger partial charge in [-0.25, -0.2) is 9.59 Å². The Morgan fingerprint density at radius 3 is 2.33 bits per heavy atom. The number of benzene rings is 1. The lowest BCUT2D eigenvalue weighted by atomic mass is 10.1. The molecule has 2 aromatic rings. The summed E-state index contributed by atoms with van der Waals surface area (Å²) in [5, 5.41) is 11.2. The van der Waals surface area contributed by atoms with Crippen LogP contribution in [0.5, 0.6) is 0 Å². The Morgan fingerprint density at radius 2 is 1.67 bits per heavy atom. The monoisotopic (exact) mass is 369 g/mol. The number of carbonyl (C=O) groups excluding carboxylic acids is 2. The maximum absolute atomic E-state index is 12.3. The predicted molar refractivity (Wildman–Crippen MR) is 92.2 cm³/mol. The van der Waals surface area contributed by atoms with Crippen LogP contribution in [0.15, 0.2) is 46.4 Å². The molecule has 0 N–H and O–H groups in total. The van der Waals surface area contributed by atoms with Crippen LogP contribution in [0.1, 0.15) is 31.4 Å². The Balaban J connectivity index is 1.62. The van der Waals surface area contributed by atoms with Crippen molar-refractivity contribution in [3.8, 4) is 11.3 Å². The molecule has 27 heavy (non-hydrogen) atoms. The molecule has 1 saturated carbocycles. The summed E-state index contributed by atoms with van der Waals surface area (Å²) in [6, 6.07) is 9.18. The molecule has 2 heterocycles. The third-order valence-corrected chi connectivity index (χ3v) is 4.64. The van der Waals surface area contributed by atoms with Gasteiger partial charge in [0.15, 0.2) is 0 Å². The molecule has 0 bridgehead atoms. The number of ether oxygens (including phenoxy) is 2. The van der Waals surface area contributed by atoms with Crippen LogP contribution in [0, 0.1) is 10.1 Å². The molecule has 2 aliphatic rings. The molecule has 8 heteroatoms. The lowest BCUT2D eigenvalue weighted by Gasteiger charge is -2.32. The number of carbonyl (C=O) groups is 2. The van der Waals surface area contributed by atoms with Gasteiger partial charge in [-0.05, 0) is 31.0 Å². The molecule has 1 aromatic carbocycles. The molecule has 8 nitrogen and oxygen atoms in total. The van der Waals surface area contributed by atoms with Crippen molar-refractivity contribution >= 4 is 23.7 Å². The van der Waals surface area contributed by atoms with Crippen LogP contribution < -0.4 is 0 Å². The average molecular weight is 369 g/mol. The molecule has 0 unspecified atom stereocenters. The zero-order valence-corrected chi connectivity index (χ0v) is 14.2. The van der Waals surface area contributed by atoms with Gasteiger partial charge in [-0.3, -0.25) is 10.1 Å². The smallest absolute Gasteiger partial charge is 0.349 e. The van der Waals surface area contributed by atoms with Crippen molar-refractivity contribution in [1.82, 2.24) is 0 Å². The minimum absolute atomic E-state index is 0.106. The van der Waals surface area contributed by atoms with Crippen molar-refractivity contribution < 1.29 is 28.4 Å². The average Bonchev–Trinajstić information content (AvgIpc) is 3.28. The van der Waals surface area contributed by atoms with Crippen LogP contribution in [0.3, 0.4) is 0 Å². The summed E-state index contributed by atoms with van der Waals surface area (Å²) in [6.45, 7) is 0. The Hall–Kier alpha value is -3.42. The Kier molecular flexibility index (Phi) is 4.02. The van der Waals surface area contributed by atoms with E-state index < -0.39 is 22.6 Å². The van der Waals surface area contributed by atoms with Crippen molar-refractivity contribution in [3.05, 3.63) is 57.8 Å². The molecule has 138 valence electrons. The van der Waals surface area contributed by atoms with Gasteiger partial charge in [0.25, 0.3) is 11.5 Å². The van der Waals surface area contributed by atoms with E-state index in [0.717, 1.165) is 12.8 Å². The number of nitro benzene ring substituents is 1. The van der Waals surface area contributed by atoms with Gasteiger partial charge >= 0.3 is 11.9 Å². The molecule has 1 saturated heterocycles. The van der Waals surface area contributed by atoms with Gasteiger partial charge in [0.1, 0.15) is 17.1 Å². The second kappa shape index (κ2) is 6.39. The van der Waals surface area contributed by atoms with Gasteiger partial charge in [-0.1, -0.05) is 12.1 Å². The van der Waals surface area contributed by atoms with Crippen molar-refractivity contribution in [2.24, 2.45) is 0 Å². The first-order chi connectivity index (χ1) is 13.0. The number of esters is 2. The van der Waals surface area contributed by atoms with E-state index >= 15 is 0 Å². The summed E-state index contributed by atoms with van der Waals surface area (Å²) in [4.78, 5) is 35.2. The highest BCUT2D eigenvalue weighted by Crippen LogP contribution is 2.39. The number of nitro groups is 1. The molecule has 1 aliphatic carbocycles. The highest BCUT2D eigenvalue weighted by Gasteiger charge is 2.48. The van der Waals surface area contributed by atoms with E-state index in [0.29, 0.717) is 18.4 Å². The summed E-state index contributed by atoms with van der Waals surface area (Å²) in [5.74, 6) is -2.20. The Bertz CT molecular complexity index is 944. The fourth-order valence-corrected chi connectivity index (χ4v) is 3.35. The van der Waals surface area contributed by atoms with E-state index in [2.05, 4.69) is 0 Å². The van der Waals surface area contributed by atoms with Crippen molar-refractivity contribution in [2.75, 3.05) is 0 Å². The number of furan rings is 1. The van der Waals surface area contributed by atoms with Gasteiger partial charge in [-0.2, -0.15) is 0 Å². The number of hydrogen-bond donors (Lipinski definition) is 0. The van der Waals surface area contributed by atoms with Crippen molar-refractivity contribution in [2.45, 2.75) is 31.5 Å². The lowest BCUT2D eigenvalue weighted by Crippen LogP contribution is -2.44. The third kappa shape index (κ3) is 3.10. The van der Waals surface area contributed by atoms with Gasteiger partial charge in [0.05, 0.1) is 10.5 Å². The summed E-state index contributed by atoms with van der Waals surface area (Å²) >= 11 is 0. The maximum Gasteiger partial charge on any atom is 0.349 e. The van der Waals surface area contributed by atoms with Crippen LogP contribution in [-0.2, 0) is 19.1 Å². The van der Waals surface area contributed by atoms with E-state index in [-0.39, 0.29) is 22.8 Å². The van der Waals surface area contributed by atoms with Crippen LogP contribution >= 0.6 is 0 Å². The summed E-state index contributed by atoms with van der Waals surface area (Å²) in [5.41, 5.74) is -0.0763. The van der Waals surface area contributed by atoms with Crippen molar-refractivity contribution in [3.63, 3.8) is 0 Å². The molecule has 4 rings (SSSR count). The molecule has 0 amide bonds. The first kappa shape index (κ1) is 17.0. The topological polar surface area (TPSA) is 109 Å². The molecule has 1 spiro atoms. The first-order valence-corrected chi connectivity index (χ1v) is 8.49. The second-order valence-electron chi connectivity index (χ2n) is 6.43. The molecule has 2 fully saturated rings. The minimum atomic E-state index is -1.13. The minimum Gasteiger partial charge on any atom is -0.456 e. The standard InChI is InChI=1S/C19H15NO7/c21-17-14(18(22)27-19(26-17)9-3-4-10-19)11-12-7-8-16(25-12)13-5-1-2-6-15(13)20(23)24/h1-2,5-8,11H,3-4,9-10H2. The summed E-state index contributed by atoms with van der Waals surface area (Å²) in [6.07, 6.45) is 3.89. The van der Waals surface area contributed by atoms with Crippen molar-refractivity contribution in [1.29, 1.82) is 0 Å². The van der Waals surface area contributed by atoms with E-state index in [1.54, 1.807) is 18.2 Å². The summed E-state index contributed by atoms with van der Waals surface area (Å²) < 4.78 is 16.3. The quantitative estimate of drug-likeness (QED) is 0.267. The number of hydrogen-bond acceptors (Lipinski definition) is 7. The third-order valence-electron chi connectivity index (χ3n) is 4.64. The highest BCUT2D eigenvalue weighted by atomic mass is 16.7. The zero-order valence-electron chi connectivity index (χ0n) is 14.2. The van der Waals surface area contributed by atoms with E-state index in [1.165, 1.54) is 24.3 Å². The number of para-hydroxylation sites is 1. The molecule has 1 aromatic heterocycles. The van der Waals surface area contributed by atoms with E-state index in [4.69, 9.17) is 13.9 Å². The molecule has 0 atom stereocenters. The first-order valence-electron chi connectivity index (χ1n) is 8.49. The molecular formula is C19H15NO7. The van der Waals surface area contributed by atoms with Crippen LogP contribution in [-0.4, -0.2) is 22.6 Å². The number of rotatable bonds is 3.